The minimum atomic E-state index is -2.09. The number of rotatable bonds is 4. The van der Waals surface area contributed by atoms with E-state index in [0.717, 1.165) is 12.1 Å². The fourth-order valence-corrected chi connectivity index (χ4v) is 1.24. The normalized spacial score (nSPS) is 10.2. The second-order valence-electron chi connectivity index (χ2n) is 3.21. The number of carboxylic acid groups (broad SMARTS) is 1. The maximum atomic E-state index is 13.3. The van der Waals surface area contributed by atoms with Gasteiger partial charge in [0.1, 0.15) is 0 Å². The van der Waals surface area contributed by atoms with E-state index in [2.05, 4.69) is 0 Å². The average molecular weight is 230 g/mol. The van der Waals surface area contributed by atoms with Crippen LogP contribution in [-0.4, -0.2) is 28.2 Å². The zero-order valence-electron chi connectivity index (χ0n) is 8.15. The van der Waals surface area contributed by atoms with Crippen LogP contribution in [0.3, 0.4) is 0 Å². The van der Waals surface area contributed by atoms with Crippen molar-refractivity contribution in [1.29, 1.82) is 0 Å². The summed E-state index contributed by atoms with van der Waals surface area (Å²) in [5.41, 5.74) is -0.680. The Balaban J connectivity index is 2.97. The minimum Gasteiger partial charge on any atom is -0.481 e. The number of aliphatic carboxylic acids is 1. The number of aryl methyl sites for hydroxylation is 1. The molecule has 0 saturated heterocycles. The Hall–Kier alpha value is -1.47. The number of carboxylic acids is 1. The molecule has 1 rings (SSSR count). The molecule has 0 fully saturated rings. The van der Waals surface area contributed by atoms with Gasteiger partial charge in [-0.05, 0) is 12.0 Å². The lowest BCUT2D eigenvalue weighted by atomic mass is 9.79. The summed E-state index contributed by atoms with van der Waals surface area (Å²) in [6.45, 7) is 0. The highest BCUT2D eigenvalue weighted by atomic mass is 19.2. The summed E-state index contributed by atoms with van der Waals surface area (Å²) in [7, 11) is -2.09. The average Bonchev–Trinajstić information content (AvgIpc) is 2.19. The SMILES string of the molecule is O=C(O)CCc1ccc(B(O)O)c(F)c1F. The Morgan fingerprint density at radius 1 is 1.25 bits per heavy atom. The van der Waals surface area contributed by atoms with E-state index in [0.29, 0.717) is 0 Å². The number of carbonyl (C=O) groups is 1. The summed E-state index contributed by atoms with van der Waals surface area (Å²) in [6, 6.07) is 2.15. The molecule has 16 heavy (non-hydrogen) atoms. The van der Waals surface area contributed by atoms with Gasteiger partial charge in [-0.1, -0.05) is 12.1 Å². The molecular formula is C9H9BF2O4. The lowest BCUT2D eigenvalue weighted by Gasteiger charge is -2.06. The van der Waals surface area contributed by atoms with E-state index in [1.807, 2.05) is 0 Å². The summed E-state index contributed by atoms with van der Waals surface area (Å²) < 4.78 is 26.5. The van der Waals surface area contributed by atoms with Crippen LogP contribution in [0.5, 0.6) is 0 Å². The zero-order chi connectivity index (χ0) is 12.3. The Kier molecular flexibility index (Phi) is 3.97. The molecule has 1 aromatic carbocycles. The second-order valence-corrected chi connectivity index (χ2v) is 3.21. The van der Waals surface area contributed by atoms with Gasteiger partial charge in [0.25, 0.3) is 0 Å². The van der Waals surface area contributed by atoms with Crippen LogP contribution in [0.2, 0.25) is 0 Å². The van der Waals surface area contributed by atoms with Gasteiger partial charge in [-0.25, -0.2) is 8.78 Å². The Morgan fingerprint density at radius 3 is 2.38 bits per heavy atom. The van der Waals surface area contributed by atoms with E-state index in [9.17, 15) is 13.6 Å². The van der Waals surface area contributed by atoms with Crippen LogP contribution in [0.4, 0.5) is 8.78 Å². The lowest BCUT2D eigenvalue weighted by molar-refractivity contribution is -0.136. The van der Waals surface area contributed by atoms with Gasteiger partial charge in [-0.2, -0.15) is 0 Å². The summed E-state index contributed by atoms with van der Waals surface area (Å²) >= 11 is 0. The van der Waals surface area contributed by atoms with Crippen LogP contribution in [0.25, 0.3) is 0 Å². The maximum Gasteiger partial charge on any atom is 0.491 e. The third-order valence-electron chi connectivity index (χ3n) is 2.08. The van der Waals surface area contributed by atoms with Crippen LogP contribution in [0.1, 0.15) is 12.0 Å². The molecule has 0 spiro atoms. The van der Waals surface area contributed by atoms with Crippen molar-refractivity contribution in [3.05, 3.63) is 29.3 Å². The smallest absolute Gasteiger partial charge is 0.481 e. The fraction of sp³-hybridized carbons (Fsp3) is 0.222. The van der Waals surface area contributed by atoms with Crippen molar-refractivity contribution in [2.45, 2.75) is 12.8 Å². The zero-order valence-corrected chi connectivity index (χ0v) is 8.15. The first-order chi connectivity index (χ1) is 7.43. The number of hydrogen-bond donors (Lipinski definition) is 3. The first-order valence-corrected chi connectivity index (χ1v) is 4.48. The van der Waals surface area contributed by atoms with Gasteiger partial charge in [0.15, 0.2) is 11.6 Å². The van der Waals surface area contributed by atoms with Crippen LogP contribution >= 0.6 is 0 Å². The molecular weight excluding hydrogens is 221 g/mol. The predicted octanol–water partition coefficient (Wildman–Crippen LogP) is -0.338. The largest absolute Gasteiger partial charge is 0.491 e. The fourth-order valence-electron chi connectivity index (χ4n) is 1.24. The van der Waals surface area contributed by atoms with Gasteiger partial charge in [-0.15, -0.1) is 0 Å². The summed E-state index contributed by atoms with van der Waals surface area (Å²) in [5.74, 6) is -3.73. The molecule has 0 atom stereocenters. The highest BCUT2D eigenvalue weighted by Crippen LogP contribution is 2.12. The van der Waals surface area contributed by atoms with Crippen LogP contribution < -0.4 is 5.46 Å². The molecule has 0 bridgehead atoms. The van der Waals surface area contributed by atoms with Crippen molar-refractivity contribution in [2.24, 2.45) is 0 Å². The molecule has 0 aromatic heterocycles. The molecule has 3 N–H and O–H groups in total. The van der Waals surface area contributed by atoms with Gasteiger partial charge in [0.05, 0.1) is 0 Å². The second kappa shape index (κ2) is 5.04. The third-order valence-corrected chi connectivity index (χ3v) is 2.08. The van der Waals surface area contributed by atoms with Crippen LogP contribution in [0.15, 0.2) is 12.1 Å². The van der Waals surface area contributed by atoms with E-state index in [1.54, 1.807) is 0 Å². The van der Waals surface area contributed by atoms with Gasteiger partial charge in [-0.3, -0.25) is 4.79 Å². The topological polar surface area (TPSA) is 77.8 Å². The third kappa shape index (κ3) is 2.77. The summed E-state index contributed by atoms with van der Waals surface area (Å²) in [4.78, 5) is 10.2. The van der Waals surface area contributed by atoms with E-state index < -0.39 is 30.2 Å². The van der Waals surface area contributed by atoms with Crippen molar-refractivity contribution in [2.75, 3.05) is 0 Å². The molecule has 4 nitrogen and oxygen atoms in total. The molecule has 0 unspecified atom stereocenters. The minimum absolute atomic E-state index is 0.107. The monoisotopic (exact) mass is 230 g/mol. The van der Waals surface area contributed by atoms with Gasteiger partial charge >= 0.3 is 13.1 Å². The molecule has 0 radical (unpaired) electrons. The van der Waals surface area contributed by atoms with Crippen molar-refractivity contribution in [3.63, 3.8) is 0 Å². The molecule has 7 heteroatoms. The van der Waals surface area contributed by atoms with Crippen molar-refractivity contribution in [1.82, 2.24) is 0 Å². The molecule has 0 heterocycles. The lowest BCUT2D eigenvalue weighted by Crippen LogP contribution is -2.33. The highest BCUT2D eigenvalue weighted by Gasteiger charge is 2.21. The van der Waals surface area contributed by atoms with Gasteiger partial charge < -0.3 is 15.2 Å². The van der Waals surface area contributed by atoms with Crippen LogP contribution in [0, 0.1) is 11.6 Å². The molecule has 0 aliphatic rings. The molecule has 0 amide bonds. The van der Waals surface area contributed by atoms with Crippen molar-refractivity contribution in [3.8, 4) is 0 Å². The Bertz CT molecular complexity index is 409. The molecule has 0 aliphatic carbocycles. The molecule has 1 aromatic rings. The van der Waals surface area contributed by atoms with E-state index in [1.165, 1.54) is 0 Å². The standard InChI is InChI=1S/C9H9BF2O4/c11-8-5(2-4-7(13)14)1-3-6(9(8)12)10(15)16/h1,3,15-16H,2,4H2,(H,13,14). The van der Waals surface area contributed by atoms with E-state index >= 15 is 0 Å². The molecule has 86 valence electrons. The highest BCUT2D eigenvalue weighted by molar-refractivity contribution is 6.58. The predicted molar refractivity (Wildman–Crippen MR) is 52.1 cm³/mol. The molecule has 0 saturated carbocycles. The number of hydrogen-bond acceptors (Lipinski definition) is 3. The quantitative estimate of drug-likeness (QED) is 0.618. The number of halogens is 2. The molecule has 0 aliphatic heterocycles. The van der Waals surface area contributed by atoms with Crippen LogP contribution in [-0.2, 0) is 11.2 Å². The van der Waals surface area contributed by atoms with Crippen molar-refractivity contribution >= 4 is 18.6 Å². The summed E-state index contributed by atoms with van der Waals surface area (Å²) in [6.07, 6.45) is -0.475. The van der Waals surface area contributed by atoms with Gasteiger partial charge in [0.2, 0.25) is 0 Å². The maximum absolute atomic E-state index is 13.3. The Morgan fingerprint density at radius 2 is 1.88 bits per heavy atom. The first-order valence-electron chi connectivity index (χ1n) is 4.48. The first kappa shape index (κ1) is 12.6. The van der Waals surface area contributed by atoms with Gasteiger partial charge in [0, 0.05) is 11.9 Å². The van der Waals surface area contributed by atoms with E-state index in [4.69, 9.17) is 15.2 Å². The van der Waals surface area contributed by atoms with Crippen molar-refractivity contribution < 1.29 is 28.7 Å². The number of benzene rings is 1. The Labute approximate surface area is 90.3 Å². The van der Waals surface area contributed by atoms with E-state index in [-0.39, 0.29) is 18.4 Å². The summed E-state index contributed by atoms with van der Waals surface area (Å²) in [5, 5.41) is 25.8.